The van der Waals surface area contributed by atoms with Gasteiger partial charge < -0.3 is 4.74 Å². The number of hydrogen-bond acceptors (Lipinski definition) is 1. The molecule has 0 aromatic heterocycles. The Morgan fingerprint density at radius 2 is 1.56 bits per heavy atom. The molecule has 16 heavy (non-hydrogen) atoms. The summed E-state index contributed by atoms with van der Waals surface area (Å²) < 4.78 is 37.8. The summed E-state index contributed by atoms with van der Waals surface area (Å²) in [6, 6.07) is 3.51. The molecule has 0 spiro atoms. The van der Waals surface area contributed by atoms with Crippen LogP contribution in [-0.2, 0) is 0 Å². The maximum Gasteiger partial charge on any atom is 0.459 e. The summed E-state index contributed by atoms with van der Waals surface area (Å²) in [6.07, 6.45) is -4.93. The van der Waals surface area contributed by atoms with Gasteiger partial charge in [0.15, 0.2) is 0 Å². The predicted molar refractivity (Wildman–Crippen MR) is 57.6 cm³/mol. The number of rotatable bonds is 2. The molecular formula is C8H3Cl4F3O. The van der Waals surface area contributed by atoms with Crippen LogP contribution in [0.5, 0.6) is 5.75 Å². The Bertz CT molecular complexity index is 391. The van der Waals surface area contributed by atoms with Crippen LogP contribution in [0.3, 0.4) is 0 Å². The van der Waals surface area contributed by atoms with Crippen LogP contribution in [0.2, 0.25) is 10.0 Å². The molecule has 0 heterocycles. The summed E-state index contributed by atoms with van der Waals surface area (Å²) in [6.45, 7) is 0. The largest absolute Gasteiger partial charge is 0.459 e. The standard InChI is InChI=1S/C8H3Cl4F3O/c9-5-2-1-4(3-6(5)10)16-7(11,12)8(13,14)15/h1-3H. The Balaban J connectivity index is 2.93. The summed E-state index contributed by atoms with van der Waals surface area (Å²) in [4.78, 5) is 0. The monoisotopic (exact) mass is 312 g/mol. The average Bonchev–Trinajstić information content (AvgIpc) is 2.09. The molecule has 0 N–H and O–H groups in total. The lowest BCUT2D eigenvalue weighted by Crippen LogP contribution is -2.39. The molecule has 0 unspecified atom stereocenters. The van der Waals surface area contributed by atoms with Crippen LogP contribution in [0.25, 0.3) is 0 Å². The summed E-state index contributed by atoms with van der Waals surface area (Å²) in [5, 5.41) is 0.209. The van der Waals surface area contributed by atoms with Gasteiger partial charge >= 0.3 is 10.7 Å². The zero-order valence-corrected chi connectivity index (χ0v) is 10.3. The summed E-state index contributed by atoms with van der Waals surface area (Å²) >= 11 is 21.1. The Hall–Kier alpha value is -0.0300. The Kier molecular flexibility index (Phi) is 4.11. The second-order valence-corrected chi connectivity index (χ2v) is 4.76. The topological polar surface area (TPSA) is 9.23 Å². The van der Waals surface area contributed by atoms with Gasteiger partial charge in [-0.1, -0.05) is 23.2 Å². The van der Waals surface area contributed by atoms with Crippen molar-refractivity contribution in [3.8, 4) is 5.75 Å². The number of benzene rings is 1. The molecule has 0 atom stereocenters. The molecule has 8 heteroatoms. The Labute approximate surface area is 109 Å². The van der Waals surface area contributed by atoms with Crippen molar-refractivity contribution in [2.24, 2.45) is 0 Å². The van der Waals surface area contributed by atoms with E-state index in [1.165, 1.54) is 12.1 Å². The molecule has 0 aliphatic rings. The summed E-state index contributed by atoms with van der Waals surface area (Å²) in [7, 11) is 0. The van der Waals surface area contributed by atoms with Gasteiger partial charge in [0.1, 0.15) is 5.75 Å². The maximum absolute atomic E-state index is 12.3. The fraction of sp³-hybridized carbons (Fsp3) is 0.250. The molecular weight excluding hydrogens is 311 g/mol. The van der Waals surface area contributed by atoms with Crippen molar-refractivity contribution < 1.29 is 17.9 Å². The Morgan fingerprint density at radius 1 is 1.00 bits per heavy atom. The molecule has 1 nitrogen and oxygen atoms in total. The summed E-state index contributed by atoms with van der Waals surface area (Å²) in [5.41, 5.74) is 0. The fourth-order valence-electron chi connectivity index (χ4n) is 0.746. The molecule has 0 aliphatic heterocycles. The van der Waals surface area contributed by atoms with E-state index in [9.17, 15) is 13.2 Å². The lowest BCUT2D eigenvalue weighted by atomic mass is 10.3. The van der Waals surface area contributed by atoms with Crippen molar-refractivity contribution in [1.29, 1.82) is 0 Å². The van der Waals surface area contributed by atoms with Crippen molar-refractivity contribution in [2.75, 3.05) is 0 Å². The molecule has 1 aromatic carbocycles. The van der Waals surface area contributed by atoms with Crippen molar-refractivity contribution >= 4 is 46.4 Å². The molecule has 0 saturated heterocycles. The van der Waals surface area contributed by atoms with Gasteiger partial charge in [0, 0.05) is 6.07 Å². The molecule has 0 radical (unpaired) electrons. The normalized spacial score (nSPS) is 12.7. The average molecular weight is 314 g/mol. The number of halogens is 7. The minimum absolute atomic E-state index is 0.0328. The van der Waals surface area contributed by atoms with E-state index < -0.39 is 10.7 Å². The predicted octanol–water partition coefficient (Wildman–Crippen LogP) is 5.07. The van der Waals surface area contributed by atoms with E-state index in [2.05, 4.69) is 4.74 Å². The minimum atomic E-state index is -4.93. The highest BCUT2D eigenvalue weighted by Crippen LogP contribution is 2.42. The smallest absolute Gasteiger partial charge is 0.450 e. The summed E-state index contributed by atoms with van der Waals surface area (Å²) in [5.74, 6) is -0.239. The lowest BCUT2D eigenvalue weighted by molar-refractivity contribution is -0.185. The second-order valence-electron chi connectivity index (χ2n) is 2.69. The minimum Gasteiger partial charge on any atom is -0.450 e. The molecule has 0 bridgehead atoms. The van der Waals surface area contributed by atoms with Crippen LogP contribution in [0, 0.1) is 0 Å². The van der Waals surface area contributed by atoms with Crippen molar-refractivity contribution in [3.63, 3.8) is 0 Å². The van der Waals surface area contributed by atoms with Crippen LogP contribution >= 0.6 is 46.4 Å². The number of ether oxygens (including phenoxy) is 1. The third-order valence-corrected chi connectivity index (χ3v) is 2.79. The van der Waals surface area contributed by atoms with E-state index in [4.69, 9.17) is 46.4 Å². The van der Waals surface area contributed by atoms with Gasteiger partial charge in [0.25, 0.3) is 0 Å². The van der Waals surface area contributed by atoms with Crippen LogP contribution in [-0.4, -0.2) is 10.7 Å². The fourth-order valence-corrected chi connectivity index (χ4v) is 1.21. The SMILES string of the molecule is FC(F)(F)C(Cl)(Cl)Oc1ccc(Cl)c(Cl)c1. The highest BCUT2D eigenvalue weighted by molar-refractivity contribution is 6.48. The first-order chi connectivity index (χ1) is 7.13. The van der Waals surface area contributed by atoms with Gasteiger partial charge in [-0.2, -0.15) is 13.2 Å². The lowest BCUT2D eigenvalue weighted by Gasteiger charge is -2.23. The molecule has 1 rings (SSSR count). The van der Waals surface area contributed by atoms with E-state index in [0.717, 1.165) is 6.07 Å². The van der Waals surface area contributed by atoms with Crippen molar-refractivity contribution in [2.45, 2.75) is 10.7 Å². The second kappa shape index (κ2) is 4.69. The first kappa shape index (κ1) is 14.0. The van der Waals surface area contributed by atoms with E-state index in [1.54, 1.807) is 0 Å². The molecule has 0 saturated carbocycles. The van der Waals surface area contributed by atoms with E-state index in [1.807, 2.05) is 0 Å². The van der Waals surface area contributed by atoms with Gasteiger partial charge in [0.2, 0.25) is 0 Å². The van der Waals surface area contributed by atoms with E-state index in [0.29, 0.717) is 0 Å². The highest BCUT2D eigenvalue weighted by Gasteiger charge is 2.55. The van der Waals surface area contributed by atoms with Gasteiger partial charge in [-0.05, 0) is 35.3 Å². The quantitative estimate of drug-likeness (QED) is 0.693. The van der Waals surface area contributed by atoms with Crippen LogP contribution in [0.4, 0.5) is 13.2 Å². The van der Waals surface area contributed by atoms with Gasteiger partial charge in [-0.3, -0.25) is 0 Å². The molecule has 0 aliphatic carbocycles. The third-order valence-electron chi connectivity index (χ3n) is 1.47. The Morgan fingerprint density at radius 3 is 2.00 bits per heavy atom. The first-order valence-electron chi connectivity index (χ1n) is 3.72. The zero-order chi connectivity index (χ0) is 12.6. The van der Waals surface area contributed by atoms with Crippen LogP contribution in [0.1, 0.15) is 0 Å². The van der Waals surface area contributed by atoms with Crippen molar-refractivity contribution in [3.05, 3.63) is 28.2 Å². The molecule has 0 fully saturated rings. The van der Waals surface area contributed by atoms with Crippen LogP contribution in [0.15, 0.2) is 18.2 Å². The van der Waals surface area contributed by atoms with Crippen LogP contribution < -0.4 is 4.74 Å². The number of hydrogen-bond donors (Lipinski definition) is 0. The van der Waals surface area contributed by atoms with E-state index in [-0.39, 0.29) is 15.8 Å². The molecule has 0 amide bonds. The van der Waals surface area contributed by atoms with Gasteiger partial charge in [-0.15, -0.1) is 0 Å². The third kappa shape index (κ3) is 3.23. The maximum atomic E-state index is 12.3. The molecule has 90 valence electrons. The molecule has 1 aromatic rings. The van der Waals surface area contributed by atoms with E-state index >= 15 is 0 Å². The zero-order valence-electron chi connectivity index (χ0n) is 7.29. The van der Waals surface area contributed by atoms with Gasteiger partial charge in [0.05, 0.1) is 10.0 Å². The number of alkyl halides is 5. The highest BCUT2D eigenvalue weighted by atomic mass is 35.5. The first-order valence-corrected chi connectivity index (χ1v) is 5.23. The van der Waals surface area contributed by atoms with Crippen molar-refractivity contribution in [1.82, 2.24) is 0 Å². The van der Waals surface area contributed by atoms with Gasteiger partial charge in [-0.25, -0.2) is 0 Å².